The van der Waals surface area contributed by atoms with E-state index in [4.69, 9.17) is 5.73 Å². The number of thiophene rings is 1. The molecule has 1 heterocycles. The van der Waals surface area contributed by atoms with Crippen molar-refractivity contribution >= 4 is 11.3 Å². The van der Waals surface area contributed by atoms with E-state index in [1.54, 1.807) is 0 Å². The van der Waals surface area contributed by atoms with Gasteiger partial charge in [-0.25, -0.2) is 0 Å². The van der Waals surface area contributed by atoms with E-state index in [-0.39, 0.29) is 0 Å². The van der Waals surface area contributed by atoms with E-state index in [1.807, 2.05) is 11.3 Å². The Balaban J connectivity index is 1.88. The van der Waals surface area contributed by atoms with Gasteiger partial charge in [0, 0.05) is 23.5 Å². The van der Waals surface area contributed by atoms with Crippen molar-refractivity contribution in [2.24, 2.45) is 23.5 Å². The van der Waals surface area contributed by atoms with E-state index in [1.165, 1.54) is 17.7 Å². The van der Waals surface area contributed by atoms with Crippen LogP contribution in [0.4, 0.5) is 0 Å². The molecule has 1 aromatic heterocycles. The number of hydrogen-bond acceptors (Lipinski definition) is 3. The quantitative estimate of drug-likeness (QED) is 0.898. The van der Waals surface area contributed by atoms with Crippen molar-refractivity contribution in [2.75, 3.05) is 13.6 Å². The Kier molecular flexibility index (Phi) is 5.65. The monoisotopic (exact) mass is 294 g/mol. The van der Waals surface area contributed by atoms with E-state index >= 15 is 0 Å². The molecule has 20 heavy (non-hydrogen) atoms. The lowest BCUT2D eigenvalue weighted by Gasteiger charge is -2.41. The topological polar surface area (TPSA) is 29.3 Å². The molecule has 5 atom stereocenters. The first kappa shape index (κ1) is 16.0. The molecular weight excluding hydrogens is 264 g/mol. The van der Waals surface area contributed by atoms with Gasteiger partial charge < -0.3 is 10.6 Å². The zero-order valence-electron chi connectivity index (χ0n) is 13.4. The van der Waals surface area contributed by atoms with Crippen molar-refractivity contribution < 1.29 is 0 Å². The fraction of sp³-hybridized carbons (Fsp3) is 0.765. The van der Waals surface area contributed by atoms with Crippen molar-refractivity contribution in [2.45, 2.75) is 52.1 Å². The van der Waals surface area contributed by atoms with Crippen LogP contribution in [0.15, 0.2) is 17.5 Å². The lowest BCUT2D eigenvalue weighted by molar-refractivity contribution is 0.113. The van der Waals surface area contributed by atoms with Crippen LogP contribution in [0.1, 0.15) is 38.5 Å². The van der Waals surface area contributed by atoms with Crippen LogP contribution in [0.2, 0.25) is 0 Å². The maximum atomic E-state index is 6.42. The lowest BCUT2D eigenvalue weighted by Crippen LogP contribution is -2.47. The van der Waals surface area contributed by atoms with Gasteiger partial charge in [0.25, 0.3) is 0 Å². The van der Waals surface area contributed by atoms with Gasteiger partial charge in [-0.3, -0.25) is 0 Å². The number of nitrogens with two attached hydrogens (primary N) is 1. The van der Waals surface area contributed by atoms with Crippen molar-refractivity contribution in [3.63, 3.8) is 0 Å². The fourth-order valence-electron chi connectivity index (χ4n) is 3.67. The summed E-state index contributed by atoms with van der Waals surface area (Å²) in [6.07, 6.45) is 3.69. The maximum absolute atomic E-state index is 6.42. The number of hydrogen-bond donors (Lipinski definition) is 1. The highest BCUT2D eigenvalue weighted by Gasteiger charge is 2.32. The van der Waals surface area contributed by atoms with Gasteiger partial charge in [-0.05, 0) is 62.4 Å². The first-order chi connectivity index (χ1) is 9.47. The largest absolute Gasteiger partial charge is 0.327 e. The Morgan fingerprint density at radius 3 is 2.75 bits per heavy atom. The Morgan fingerprint density at radius 1 is 1.40 bits per heavy atom. The summed E-state index contributed by atoms with van der Waals surface area (Å²) in [5, 5.41) is 2.17. The maximum Gasteiger partial charge on any atom is 0.0112 e. The Bertz CT molecular complexity index is 378. The molecule has 1 aromatic rings. The summed E-state index contributed by atoms with van der Waals surface area (Å²) in [5.74, 6) is 2.21. The second-order valence-corrected chi connectivity index (χ2v) is 7.99. The second-order valence-electron chi connectivity index (χ2n) is 6.95. The molecule has 0 saturated heterocycles. The molecule has 1 fully saturated rings. The molecule has 3 heteroatoms. The van der Waals surface area contributed by atoms with Gasteiger partial charge in [0.1, 0.15) is 0 Å². The number of likely N-dealkylation sites (N-methyl/N-ethyl adjacent to an activating group) is 1. The number of rotatable bonds is 5. The van der Waals surface area contributed by atoms with Crippen LogP contribution in [0.5, 0.6) is 0 Å². The second kappa shape index (κ2) is 7.06. The minimum Gasteiger partial charge on any atom is -0.327 e. The normalized spacial score (nSPS) is 32.5. The Hall–Kier alpha value is -0.380. The van der Waals surface area contributed by atoms with Crippen LogP contribution in [0.25, 0.3) is 0 Å². The fourth-order valence-corrected chi connectivity index (χ4v) is 4.50. The molecule has 1 saturated carbocycles. The third-order valence-electron chi connectivity index (χ3n) is 5.06. The standard InChI is InChI=1S/C17H30N2S/c1-12-8-13(2)16(17(18)9-12)11-19(4)14(3)10-15-6-5-7-20-15/h5-7,12-14,16-17H,8-11,18H2,1-4H3. The third kappa shape index (κ3) is 4.06. The van der Waals surface area contributed by atoms with E-state index in [2.05, 4.69) is 50.2 Å². The first-order valence-corrected chi connectivity index (χ1v) is 8.83. The lowest BCUT2D eigenvalue weighted by atomic mass is 9.72. The van der Waals surface area contributed by atoms with Crippen LogP contribution in [0, 0.1) is 17.8 Å². The number of nitrogens with zero attached hydrogens (tertiary/aromatic N) is 1. The van der Waals surface area contributed by atoms with Crippen LogP contribution in [-0.4, -0.2) is 30.6 Å². The van der Waals surface area contributed by atoms with Crippen molar-refractivity contribution in [3.05, 3.63) is 22.4 Å². The molecule has 0 amide bonds. The highest BCUT2D eigenvalue weighted by atomic mass is 32.1. The van der Waals surface area contributed by atoms with Gasteiger partial charge in [-0.2, -0.15) is 0 Å². The molecule has 0 spiro atoms. The molecule has 1 aliphatic carbocycles. The van der Waals surface area contributed by atoms with Crippen LogP contribution in [-0.2, 0) is 6.42 Å². The van der Waals surface area contributed by atoms with Gasteiger partial charge in [0.15, 0.2) is 0 Å². The van der Waals surface area contributed by atoms with E-state index in [0.717, 1.165) is 24.8 Å². The highest BCUT2D eigenvalue weighted by molar-refractivity contribution is 7.09. The van der Waals surface area contributed by atoms with Crippen molar-refractivity contribution in [1.82, 2.24) is 4.90 Å². The summed E-state index contributed by atoms with van der Waals surface area (Å²) in [6.45, 7) is 8.20. The molecule has 0 aliphatic heterocycles. The summed E-state index contributed by atoms with van der Waals surface area (Å²) in [7, 11) is 2.26. The smallest absolute Gasteiger partial charge is 0.0112 e. The molecule has 0 bridgehead atoms. The average Bonchev–Trinajstić information content (AvgIpc) is 2.86. The van der Waals surface area contributed by atoms with E-state index < -0.39 is 0 Å². The molecule has 0 radical (unpaired) electrons. The minimum atomic E-state index is 0.380. The average molecular weight is 295 g/mol. The predicted molar refractivity (Wildman–Crippen MR) is 89.1 cm³/mol. The molecule has 2 rings (SSSR count). The van der Waals surface area contributed by atoms with Crippen molar-refractivity contribution in [3.8, 4) is 0 Å². The van der Waals surface area contributed by atoms with Crippen LogP contribution < -0.4 is 5.73 Å². The first-order valence-electron chi connectivity index (χ1n) is 7.95. The van der Waals surface area contributed by atoms with Gasteiger partial charge in [-0.15, -0.1) is 11.3 Å². The molecule has 1 aliphatic rings. The van der Waals surface area contributed by atoms with Crippen LogP contribution in [0.3, 0.4) is 0 Å². The molecule has 2 N–H and O–H groups in total. The highest BCUT2D eigenvalue weighted by Crippen LogP contribution is 2.33. The zero-order chi connectivity index (χ0) is 14.7. The molecule has 2 nitrogen and oxygen atoms in total. The molecule has 0 aromatic carbocycles. The van der Waals surface area contributed by atoms with E-state index in [0.29, 0.717) is 18.0 Å². The summed E-state index contributed by atoms with van der Waals surface area (Å²) in [5.41, 5.74) is 6.42. The van der Waals surface area contributed by atoms with Gasteiger partial charge in [-0.1, -0.05) is 19.9 Å². The SMILES string of the molecule is CC1CC(C)C(CN(C)C(C)Cc2cccs2)C(N)C1. The molecule has 114 valence electrons. The van der Waals surface area contributed by atoms with E-state index in [9.17, 15) is 0 Å². The minimum absolute atomic E-state index is 0.380. The zero-order valence-corrected chi connectivity index (χ0v) is 14.2. The Labute approximate surface area is 128 Å². The van der Waals surface area contributed by atoms with Gasteiger partial charge in [0.2, 0.25) is 0 Å². The van der Waals surface area contributed by atoms with Crippen molar-refractivity contribution in [1.29, 1.82) is 0 Å². The summed E-state index contributed by atoms with van der Waals surface area (Å²) < 4.78 is 0. The third-order valence-corrected chi connectivity index (χ3v) is 5.96. The molecule has 5 unspecified atom stereocenters. The summed E-state index contributed by atoms with van der Waals surface area (Å²) >= 11 is 1.86. The predicted octanol–water partition coefficient (Wildman–Crippen LogP) is 3.62. The van der Waals surface area contributed by atoms with Gasteiger partial charge in [0.05, 0.1) is 0 Å². The Morgan fingerprint density at radius 2 is 2.15 bits per heavy atom. The summed E-state index contributed by atoms with van der Waals surface area (Å²) in [4.78, 5) is 4.00. The van der Waals surface area contributed by atoms with Crippen LogP contribution >= 0.6 is 11.3 Å². The molecular formula is C17H30N2S. The summed E-state index contributed by atoms with van der Waals surface area (Å²) in [6, 6.07) is 5.36. The van der Waals surface area contributed by atoms with Gasteiger partial charge >= 0.3 is 0 Å².